The van der Waals surface area contributed by atoms with E-state index in [4.69, 9.17) is 4.74 Å². The molecule has 1 fully saturated rings. The van der Waals surface area contributed by atoms with Crippen LogP contribution in [0.2, 0.25) is 0 Å². The van der Waals surface area contributed by atoms with Gasteiger partial charge in [0.15, 0.2) is 17.3 Å². The van der Waals surface area contributed by atoms with E-state index in [9.17, 15) is 4.79 Å². The molecular formula is C17H20N6O2. The van der Waals surface area contributed by atoms with E-state index < -0.39 is 0 Å². The Labute approximate surface area is 144 Å². The molecule has 0 aliphatic carbocycles. The SMILES string of the molecule is CC(C)c1n[nH]c([C@@H]2CN(C(=O)c3n[nH]c4ccccc34)CCO2)n1. The third-order valence-corrected chi connectivity index (χ3v) is 4.37. The molecule has 0 saturated carbocycles. The van der Waals surface area contributed by atoms with Crippen molar-refractivity contribution in [2.75, 3.05) is 19.7 Å². The van der Waals surface area contributed by atoms with E-state index in [-0.39, 0.29) is 17.9 Å². The molecule has 0 bridgehead atoms. The highest BCUT2D eigenvalue weighted by molar-refractivity contribution is 6.04. The number of carbonyl (C=O) groups is 1. The average molecular weight is 340 g/mol. The predicted molar refractivity (Wildman–Crippen MR) is 91.2 cm³/mol. The van der Waals surface area contributed by atoms with Crippen molar-refractivity contribution >= 4 is 16.8 Å². The van der Waals surface area contributed by atoms with Gasteiger partial charge in [-0.25, -0.2) is 4.98 Å². The fraction of sp³-hybridized carbons (Fsp3) is 0.412. The van der Waals surface area contributed by atoms with Crippen molar-refractivity contribution in [2.45, 2.75) is 25.9 Å². The summed E-state index contributed by atoms with van der Waals surface area (Å²) in [5, 5.41) is 15.1. The summed E-state index contributed by atoms with van der Waals surface area (Å²) < 4.78 is 5.79. The molecule has 25 heavy (non-hydrogen) atoms. The smallest absolute Gasteiger partial charge is 0.275 e. The van der Waals surface area contributed by atoms with Gasteiger partial charge in [-0.15, -0.1) is 0 Å². The van der Waals surface area contributed by atoms with Crippen molar-refractivity contribution in [3.63, 3.8) is 0 Å². The first kappa shape index (κ1) is 15.8. The van der Waals surface area contributed by atoms with E-state index in [1.54, 1.807) is 4.90 Å². The molecule has 0 radical (unpaired) electrons. The molecule has 1 aliphatic heterocycles. The van der Waals surface area contributed by atoms with Gasteiger partial charge in [0.25, 0.3) is 5.91 Å². The molecule has 8 heteroatoms. The molecule has 1 saturated heterocycles. The number of fused-ring (bicyclic) bond motifs is 1. The van der Waals surface area contributed by atoms with E-state index in [1.165, 1.54) is 0 Å². The number of benzene rings is 1. The van der Waals surface area contributed by atoms with Crippen LogP contribution in [-0.4, -0.2) is 55.9 Å². The predicted octanol–water partition coefficient (Wildman–Crippen LogP) is 2.02. The number of hydrogen-bond donors (Lipinski definition) is 2. The highest BCUT2D eigenvalue weighted by atomic mass is 16.5. The van der Waals surface area contributed by atoms with Crippen molar-refractivity contribution < 1.29 is 9.53 Å². The monoisotopic (exact) mass is 340 g/mol. The maximum atomic E-state index is 12.9. The Hall–Kier alpha value is -2.74. The summed E-state index contributed by atoms with van der Waals surface area (Å²) >= 11 is 0. The van der Waals surface area contributed by atoms with Crippen molar-refractivity contribution in [2.24, 2.45) is 0 Å². The molecule has 0 spiro atoms. The van der Waals surface area contributed by atoms with Gasteiger partial charge < -0.3 is 9.64 Å². The minimum absolute atomic E-state index is 0.102. The number of para-hydroxylation sites is 1. The van der Waals surface area contributed by atoms with Crippen molar-refractivity contribution in [3.05, 3.63) is 41.6 Å². The Bertz CT molecular complexity index is 899. The van der Waals surface area contributed by atoms with Gasteiger partial charge in [0.1, 0.15) is 6.10 Å². The van der Waals surface area contributed by atoms with Crippen LogP contribution in [0.5, 0.6) is 0 Å². The molecule has 1 atom stereocenters. The number of hydrogen-bond acceptors (Lipinski definition) is 5. The topological polar surface area (TPSA) is 99.8 Å². The second-order valence-electron chi connectivity index (χ2n) is 6.46. The van der Waals surface area contributed by atoms with Gasteiger partial charge in [0.05, 0.1) is 18.7 Å². The lowest BCUT2D eigenvalue weighted by Crippen LogP contribution is -2.42. The van der Waals surface area contributed by atoms with Crippen LogP contribution in [0, 0.1) is 0 Å². The molecule has 1 aromatic carbocycles. The third kappa shape index (κ3) is 2.89. The second kappa shape index (κ2) is 6.29. The van der Waals surface area contributed by atoms with Gasteiger partial charge in [-0.05, 0) is 6.07 Å². The number of nitrogens with zero attached hydrogens (tertiary/aromatic N) is 4. The number of H-pyrrole nitrogens is 2. The Morgan fingerprint density at radius 3 is 2.92 bits per heavy atom. The van der Waals surface area contributed by atoms with Gasteiger partial charge in [0, 0.05) is 17.8 Å². The highest BCUT2D eigenvalue weighted by Gasteiger charge is 2.30. The first-order valence-electron chi connectivity index (χ1n) is 8.39. The van der Waals surface area contributed by atoms with Crippen LogP contribution in [0.15, 0.2) is 24.3 Å². The Morgan fingerprint density at radius 2 is 2.12 bits per heavy atom. The number of ether oxygens (including phenoxy) is 1. The lowest BCUT2D eigenvalue weighted by atomic mass is 10.1. The fourth-order valence-corrected chi connectivity index (χ4v) is 2.97. The summed E-state index contributed by atoms with van der Waals surface area (Å²) in [6.07, 6.45) is -0.303. The minimum Gasteiger partial charge on any atom is -0.367 e. The number of amides is 1. The summed E-state index contributed by atoms with van der Waals surface area (Å²) in [5.41, 5.74) is 1.30. The van der Waals surface area contributed by atoms with E-state index in [0.29, 0.717) is 31.2 Å². The lowest BCUT2D eigenvalue weighted by molar-refractivity contribution is -0.0268. The Morgan fingerprint density at radius 1 is 1.28 bits per heavy atom. The summed E-state index contributed by atoms with van der Waals surface area (Å²) in [6.45, 7) is 5.48. The molecule has 8 nitrogen and oxygen atoms in total. The Kier molecular flexibility index (Phi) is 3.96. The molecule has 3 aromatic rings. The van der Waals surface area contributed by atoms with Crippen LogP contribution in [0.25, 0.3) is 10.9 Å². The van der Waals surface area contributed by atoms with Crippen LogP contribution >= 0.6 is 0 Å². The Balaban J connectivity index is 1.55. The molecule has 4 rings (SSSR count). The maximum Gasteiger partial charge on any atom is 0.275 e. The molecule has 1 amide bonds. The number of aromatic nitrogens is 5. The quantitative estimate of drug-likeness (QED) is 0.760. The summed E-state index contributed by atoms with van der Waals surface area (Å²) in [4.78, 5) is 19.2. The zero-order valence-corrected chi connectivity index (χ0v) is 14.2. The molecule has 2 aromatic heterocycles. The van der Waals surface area contributed by atoms with E-state index in [2.05, 4.69) is 25.4 Å². The molecule has 3 heterocycles. The zero-order valence-electron chi connectivity index (χ0n) is 14.2. The molecule has 130 valence electrons. The van der Waals surface area contributed by atoms with Gasteiger partial charge in [0.2, 0.25) is 0 Å². The first-order valence-corrected chi connectivity index (χ1v) is 8.39. The molecule has 0 unspecified atom stereocenters. The standard InChI is InChI=1S/C17H20N6O2/c1-10(2)15-18-16(22-21-15)13-9-23(7-8-25-13)17(24)14-11-5-3-4-6-12(11)19-20-14/h3-6,10,13H,7-9H2,1-2H3,(H,19,20)(H,18,21,22)/t13-/m0/s1. The van der Waals surface area contributed by atoms with E-state index in [0.717, 1.165) is 16.7 Å². The summed E-state index contributed by atoms with van der Waals surface area (Å²) in [7, 11) is 0. The third-order valence-electron chi connectivity index (χ3n) is 4.37. The van der Waals surface area contributed by atoms with Crippen molar-refractivity contribution in [1.82, 2.24) is 30.3 Å². The number of rotatable bonds is 3. The highest BCUT2D eigenvalue weighted by Crippen LogP contribution is 2.23. The van der Waals surface area contributed by atoms with Gasteiger partial charge in [-0.1, -0.05) is 32.0 Å². The summed E-state index contributed by atoms with van der Waals surface area (Å²) in [5.74, 6) is 1.55. The van der Waals surface area contributed by atoms with Crippen LogP contribution in [-0.2, 0) is 4.74 Å². The minimum atomic E-state index is -0.303. The largest absolute Gasteiger partial charge is 0.367 e. The lowest BCUT2D eigenvalue weighted by Gasteiger charge is -2.31. The maximum absolute atomic E-state index is 12.9. The summed E-state index contributed by atoms with van der Waals surface area (Å²) in [6, 6.07) is 7.62. The number of morpholine rings is 1. The van der Waals surface area contributed by atoms with Gasteiger partial charge in [-0.2, -0.15) is 10.2 Å². The van der Waals surface area contributed by atoms with E-state index in [1.807, 2.05) is 38.1 Å². The van der Waals surface area contributed by atoms with Gasteiger partial charge >= 0.3 is 0 Å². The average Bonchev–Trinajstić information content (AvgIpc) is 3.28. The van der Waals surface area contributed by atoms with Crippen molar-refractivity contribution in [3.8, 4) is 0 Å². The molecular weight excluding hydrogens is 320 g/mol. The van der Waals surface area contributed by atoms with Crippen molar-refractivity contribution in [1.29, 1.82) is 0 Å². The van der Waals surface area contributed by atoms with Gasteiger partial charge in [-0.3, -0.25) is 15.0 Å². The van der Waals surface area contributed by atoms with Crippen LogP contribution in [0.3, 0.4) is 0 Å². The zero-order chi connectivity index (χ0) is 17.4. The number of carbonyl (C=O) groups excluding carboxylic acids is 1. The van der Waals surface area contributed by atoms with E-state index >= 15 is 0 Å². The first-order chi connectivity index (χ1) is 12.1. The van der Waals surface area contributed by atoms with Crippen LogP contribution in [0.1, 0.15) is 48.0 Å². The molecule has 1 aliphatic rings. The van der Waals surface area contributed by atoms with Crippen LogP contribution in [0.4, 0.5) is 0 Å². The number of nitrogens with one attached hydrogen (secondary N) is 2. The van der Waals surface area contributed by atoms with Crippen LogP contribution < -0.4 is 0 Å². The fourth-order valence-electron chi connectivity index (χ4n) is 2.97. The normalized spacial score (nSPS) is 18.2. The number of aromatic amines is 2. The molecule has 2 N–H and O–H groups in total. The second-order valence-corrected chi connectivity index (χ2v) is 6.46.